The van der Waals surface area contributed by atoms with Crippen LogP contribution in [0.5, 0.6) is 0 Å². The summed E-state index contributed by atoms with van der Waals surface area (Å²) in [7, 11) is 1.98. The Hall–Kier alpha value is -2.70. The van der Waals surface area contributed by atoms with E-state index in [2.05, 4.69) is 15.2 Å². The molecule has 4 rings (SSSR count). The highest BCUT2D eigenvalue weighted by molar-refractivity contribution is 5.23. The molecule has 0 bridgehead atoms. The monoisotopic (exact) mass is 339 g/mol. The van der Waals surface area contributed by atoms with Crippen molar-refractivity contribution >= 4 is 0 Å². The lowest BCUT2D eigenvalue weighted by atomic mass is 9.88. The molecule has 7 heteroatoms. The van der Waals surface area contributed by atoms with Crippen molar-refractivity contribution in [2.24, 2.45) is 7.05 Å². The first-order valence-electron chi connectivity index (χ1n) is 8.68. The van der Waals surface area contributed by atoms with Crippen LogP contribution < -0.4 is 5.56 Å². The maximum atomic E-state index is 11.7. The summed E-state index contributed by atoms with van der Waals surface area (Å²) >= 11 is 0. The molecule has 7 nitrogen and oxygen atoms in total. The van der Waals surface area contributed by atoms with Crippen LogP contribution in [-0.2, 0) is 32.9 Å². The van der Waals surface area contributed by atoms with Gasteiger partial charge in [-0.05, 0) is 30.9 Å². The third-order valence-corrected chi connectivity index (χ3v) is 4.88. The van der Waals surface area contributed by atoms with E-state index in [0.717, 1.165) is 37.4 Å². The maximum Gasteiger partial charge on any atom is 0.250 e. The van der Waals surface area contributed by atoms with Crippen LogP contribution in [-0.4, -0.2) is 24.5 Å². The van der Waals surface area contributed by atoms with Crippen LogP contribution >= 0.6 is 0 Å². The quantitative estimate of drug-likeness (QED) is 0.709. The Morgan fingerprint density at radius 2 is 2.28 bits per heavy atom. The molecule has 1 aliphatic rings. The fraction of sp³-hybridized carbons (Fsp3) is 0.444. The van der Waals surface area contributed by atoms with Gasteiger partial charge in [-0.2, -0.15) is 10.1 Å². The normalized spacial score (nSPS) is 16.8. The summed E-state index contributed by atoms with van der Waals surface area (Å²) in [6.45, 7) is 0.658. The van der Waals surface area contributed by atoms with E-state index in [4.69, 9.17) is 4.52 Å². The molecule has 0 saturated carbocycles. The molecule has 3 heterocycles. The first-order valence-corrected chi connectivity index (χ1v) is 8.68. The minimum atomic E-state index is 0.0190. The second-order valence-electron chi connectivity index (χ2n) is 6.56. The molecule has 0 N–H and O–H groups in total. The third-order valence-electron chi connectivity index (χ3n) is 4.88. The van der Waals surface area contributed by atoms with Crippen molar-refractivity contribution < 1.29 is 4.52 Å². The highest BCUT2D eigenvalue weighted by Crippen LogP contribution is 2.31. The van der Waals surface area contributed by atoms with Crippen LogP contribution in [0.25, 0.3) is 0 Å². The number of aromatic nitrogens is 5. The van der Waals surface area contributed by atoms with Gasteiger partial charge in [0.15, 0.2) is 5.82 Å². The minimum absolute atomic E-state index is 0.0190. The van der Waals surface area contributed by atoms with E-state index in [1.807, 2.05) is 24.0 Å². The predicted molar refractivity (Wildman–Crippen MR) is 91.3 cm³/mol. The SMILES string of the molecule is Cn1ncc2c1CC(c1nc(CCCn3ccccc3=O)no1)CC2. The molecule has 1 aliphatic carbocycles. The van der Waals surface area contributed by atoms with Crippen LogP contribution in [0, 0.1) is 0 Å². The Labute approximate surface area is 145 Å². The zero-order valence-corrected chi connectivity index (χ0v) is 14.3. The molecule has 0 saturated heterocycles. The maximum absolute atomic E-state index is 11.7. The van der Waals surface area contributed by atoms with Crippen molar-refractivity contribution in [1.29, 1.82) is 0 Å². The van der Waals surface area contributed by atoms with Gasteiger partial charge >= 0.3 is 0 Å². The van der Waals surface area contributed by atoms with E-state index in [-0.39, 0.29) is 11.5 Å². The number of fused-ring (bicyclic) bond motifs is 1. The zero-order valence-electron chi connectivity index (χ0n) is 14.3. The highest BCUT2D eigenvalue weighted by atomic mass is 16.5. The lowest BCUT2D eigenvalue weighted by molar-refractivity contribution is 0.334. The fourth-order valence-electron chi connectivity index (χ4n) is 3.44. The number of hydrogen-bond donors (Lipinski definition) is 0. The molecule has 0 fully saturated rings. The molecule has 3 aromatic rings. The molecule has 0 amide bonds. The number of hydrogen-bond acceptors (Lipinski definition) is 5. The van der Waals surface area contributed by atoms with E-state index in [1.165, 1.54) is 11.3 Å². The minimum Gasteiger partial charge on any atom is -0.339 e. The van der Waals surface area contributed by atoms with Crippen molar-refractivity contribution in [3.8, 4) is 0 Å². The Bertz CT molecular complexity index is 923. The zero-order chi connectivity index (χ0) is 17.2. The van der Waals surface area contributed by atoms with Crippen molar-refractivity contribution in [3.63, 3.8) is 0 Å². The van der Waals surface area contributed by atoms with Gasteiger partial charge in [0.25, 0.3) is 0 Å². The van der Waals surface area contributed by atoms with Crippen LogP contribution in [0.2, 0.25) is 0 Å². The standard InChI is InChI=1S/C18H21N5O2/c1-22-15-11-13(7-8-14(15)12-19-22)18-20-16(21-25-18)5-4-10-23-9-3-2-6-17(23)24/h2-3,6,9,12-13H,4-5,7-8,10-11H2,1H3. The van der Waals surface area contributed by atoms with Crippen molar-refractivity contribution in [3.05, 3.63) is 63.9 Å². The lowest BCUT2D eigenvalue weighted by Crippen LogP contribution is -2.18. The first kappa shape index (κ1) is 15.8. The Kier molecular flexibility index (Phi) is 4.21. The van der Waals surface area contributed by atoms with Crippen molar-refractivity contribution in [1.82, 2.24) is 24.5 Å². The predicted octanol–water partition coefficient (Wildman–Crippen LogP) is 1.87. The van der Waals surface area contributed by atoms with Crippen LogP contribution in [0.1, 0.15) is 41.7 Å². The summed E-state index contributed by atoms with van der Waals surface area (Å²) in [4.78, 5) is 16.3. The number of pyridine rings is 1. The van der Waals surface area contributed by atoms with E-state index in [0.29, 0.717) is 13.0 Å². The molecule has 130 valence electrons. The number of rotatable bonds is 5. The van der Waals surface area contributed by atoms with Gasteiger partial charge < -0.3 is 9.09 Å². The lowest BCUT2D eigenvalue weighted by Gasteiger charge is -2.19. The van der Waals surface area contributed by atoms with Gasteiger partial charge in [0.2, 0.25) is 11.4 Å². The Balaban J connectivity index is 1.37. The van der Waals surface area contributed by atoms with Gasteiger partial charge in [0.1, 0.15) is 0 Å². The molecule has 0 aromatic carbocycles. The topological polar surface area (TPSA) is 78.7 Å². The van der Waals surface area contributed by atoms with Gasteiger partial charge in [0, 0.05) is 50.3 Å². The highest BCUT2D eigenvalue weighted by Gasteiger charge is 2.27. The molecule has 3 aromatic heterocycles. The van der Waals surface area contributed by atoms with Crippen LogP contribution in [0.3, 0.4) is 0 Å². The summed E-state index contributed by atoms with van der Waals surface area (Å²) in [5.41, 5.74) is 2.61. The molecule has 1 atom stereocenters. The van der Waals surface area contributed by atoms with Gasteiger partial charge in [-0.1, -0.05) is 11.2 Å². The van der Waals surface area contributed by atoms with E-state index < -0.39 is 0 Å². The summed E-state index contributed by atoms with van der Waals surface area (Å²) in [6, 6.07) is 5.19. The van der Waals surface area contributed by atoms with Crippen LogP contribution in [0.15, 0.2) is 39.9 Å². The summed E-state index contributed by atoms with van der Waals surface area (Å²) in [6.07, 6.45) is 8.18. The van der Waals surface area contributed by atoms with Gasteiger partial charge in [0.05, 0.1) is 6.20 Å². The largest absolute Gasteiger partial charge is 0.339 e. The molecular weight excluding hydrogens is 318 g/mol. The molecule has 25 heavy (non-hydrogen) atoms. The Morgan fingerprint density at radius 1 is 1.36 bits per heavy atom. The fourth-order valence-corrected chi connectivity index (χ4v) is 3.44. The molecule has 0 aliphatic heterocycles. The third kappa shape index (κ3) is 3.26. The number of nitrogens with zero attached hydrogens (tertiary/aromatic N) is 5. The van der Waals surface area contributed by atoms with Crippen molar-refractivity contribution in [2.75, 3.05) is 0 Å². The van der Waals surface area contributed by atoms with E-state index in [1.54, 1.807) is 22.9 Å². The van der Waals surface area contributed by atoms with Crippen LogP contribution in [0.4, 0.5) is 0 Å². The summed E-state index contributed by atoms with van der Waals surface area (Å²) in [5.74, 6) is 1.70. The number of aryl methyl sites for hydroxylation is 4. The molecule has 0 radical (unpaired) electrons. The van der Waals surface area contributed by atoms with Gasteiger partial charge in [-0.25, -0.2) is 0 Å². The average molecular weight is 339 g/mol. The molecular formula is C18H21N5O2. The second-order valence-corrected chi connectivity index (χ2v) is 6.56. The summed E-state index contributed by atoms with van der Waals surface area (Å²) in [5, 5.41) is 8.45. The Morgan fingerprint density at radius 3 is 3.16 bits per heavy atom. The van der Waals surface area contributed by atoms with E-state index in [9.17, 15) is 4.79 Å². The summed E-state index contributed by atoms with van der Waals surface area (Å²) < 4.78 is 9.14. The van der Waals surface area contributed by atoms with Crippen molar-refractivity contribution in [2.45, 2.75) is 44.6 Å². The van der Waals surface area contributed by atoms with E-state index >= 15 is 0 Å². The molecule has 1 unspecified atom stereocenters. The molecule has 0 spiro atoms. The first-order chi connectivity index (χ1) is 12.2. The smallest absolute Gasteiger partial charge is 0.250 e. The average Bonchev–Trinajstić information content (AvgIpc) is 3.24. The second kappa shape index (κ2) is 6.66. The van der Waals surface area contributed by atoms with Gasteiger partial charge in [-0.3, -0.25) is 9.48 Å². The van der Waals surface area contributed by atoms with Gasteiger partial charge in [-0.15, -0.1) is 0 Å².